The zero-order valence-electron chi connectivity index (χ0n) is 19.7. The highest BCUT2D eigenvalue weighted by Gasteiger charge is 2.28. The average molecular weight is 503 g/mol. The van der Waals surface area contributed by atoms with E-state index in [1.54, 1.807) is 49.8 Å². The van der Waals surface area contributed by atoms with Crippen molar-refractivity contribution >= 4 is 17.6 Å². The lowest BCUT2D eigenvalue weighted by atomic mass is 9.98. The van der Waals surface area contributed by atoms with E-state index in [9.17, 15) is 8.78 Å². The molecule has 0 amide bonds. The first-order chi connectivity index (χ1) is 17.1. The van der Waals surface area contributed by atoms with Gasteiger partial charge in [0.2, 0.25) is 5.82 Å². The van der Waals surface area contributed by atoms with E-state index in [-0.39, 0.29) is 18.4 Å². The fourth-order valence-electron chi connectivity index (χ4n) is 3.86. The molecular weight excluding hydrogens is 474 g/mol. The van der Waals surface area contributed by atoms with Gasteiger partial charge in [-0.15, -0.1) is 0 Å². The number of aromatic nitrogens is 4. The predicted octanol–water partition coefficient (Wildman–Crippen LogP) is 3.99. The monoisotopic (exact) mass is 502 g/mol. The molecular formula is C24H28F2N6O2S. The fourth-order valence-corrected chi connectivity index (χ4v) is 4.54. The van der Waals surface area contributed by atoms with Gasteiger partial charge in [-0.05, 0) is 19.4 Å². The van der Waals surface area contributed by atoms with Gasteiger partial charge in [-0.3, -0.25) is 4.72 Å². The summed E-state index contributed by atoms with van der Waals surface area (Å²) >= 11 is 1.56. The second-order valence-corrected chi connectivity index (χ2v) is 8.95. The molecule has 0 aliphatic carbocycles. The Morgan fingerprint density at radius 3 is 2.77 bits per heavy atom. The molecule has 0 saturated carbocycles. The second kappa shape index (κ2) is 12.2. The van der Waals surface area contributed by atoms with Gasteiger partial charge in [0, 0.05) is 74.3 Å². The maximum absolute atomic E-state index is 14.5. The van der Waals surface area contributed by atoms with Crippen LogP contribution in [0.25, 0.3) is 11.6 Å². The van der Waals surface area contributed by atoms with E-state index in [4.69, 9.17) is 9.47 Å². The summed E-state index contributed by atoms with van der Waals surface area (Å²) in [5.74, 6) is -0.217. The standard InChI is InChI=1S/C24H28F2N6O2S/c1-16-18-15-29-24(23-27-6-3-7-28-23)31-20(18)5-9-32(16)17-13-19(25)22(26)21(14-17)34-10-4-8-30-35-12-11-33-2/h3,6-7,13-16,30H,4-5,8-12H2,1-2H3. The SMILES string of the molecule is COCCSNCCCOc1cc(N2CCc3nc(-c4ncccn4)ncc3C2C)cc(F)c1F. The molecule has 11 heteroatoms. The summed E-state index contributed by atoms with van der Waals surface area (Å²) in [6, 6.07) is 4.39. The highest BCUT2D eigenvalue weighted by molar-refractivity contribution is 7.97. The second-order valence-electron chi connectivity index (χ2n) is 7.96. The van der Waals surface area contributed by atoms with E-state index in [2.05, 4.69) is 24.7 Å². The summed E-state index contributed by atoms with van der Waals surface area (Å²) in [4.78, 5) is 19.5. The van der Waals surface area contributed by atoms with Crippen LogP contribution in [0.4, 0.5) is 14.5 Å². The number of hydrogen-bond donors (Lipinski definition) is 1. The molecule has 0 fully saturated rings. The van der Waals surface area contributed by atoms with Gasteiger partial charge in [0.1, 0.15) is 0 Å². The van der Waals surface area contributed by atoms with Gasteiger partial charge in [-0.1, -0.05) is 11.9 Å². The molecule has 2 aromatic heterocycles. The molecule has 1 aliphatic heterocycles. The summed E-state index contributed by atoms with van der Waals surface area (Å²) in [5, 5.41) is 0. The number of fused-ring (bicyclic) bond motifs is 1. The topological polar surface area (TPSA) is 85.3 Å². The van der Waals surface area contributed by atoms with Crippen molar-refractivity contribution in [2.24, 2.45) is 0 Å². The van der Waals surface area contributed by atoms with E-state index in [0.29, 0.717) is 49.9 Å². The number of nitrogens with one attached hydrogen (secondary N) is 1. The van der Waals surface area contributed by atoms with Crippen molar-refractivity contribution in [1.29, 1.82) is 0 Å². The molecule has 1 aliphatic rings. The number of anilines is 1. The van der Waals surface area contributed by atoms with E-state index in [1.165, 1.54) is 6.07 Å². The molecule has 186 valence electrons. The number of methoxy groups -OCH3 is 1. The summed E-state index contributed by atoms with van der Waals surface area (Å²) in [7, 11) is 1.66. The van der Waals surface area contributed by atoms with Gasteiger partial charge in [-0.25, -0.2) is 24.3 Å². The zero-order valence-corrected chi connectivity index (χ0v) is 20.5. The molecule has 0 radical (unpaired) electrons. The van der Waals surface area contributed by atoms with Crippen LogP contribution in [-0.4, -0.2) is 59.1 Å². The smallest absolute Gasteiger partial charge is 0.200 e. The van der Waals surface area contributed by atoms with Crippen molar-refractivity contribution in [2.45, 2.75) is 25.8 Å². The molecule has 1 N–H and O–H groups in total. The van der Waals surface area contributed by atoms with E-state index < -0.39 is 11.6 Å². The lowest BCUT2D eigenvalue weighted by Gasteiger charge is -2.36. The Morgan fingerprint density at radius 1 is 1.14 bits per heavy atom. The first-order valence-electron chi connectivity index (χ1n) is 11.4. The third-order valence-corrected chi connectivity index (χ3v) is 6.44. The Kier molecular flexibility index (Phi) is 8.78. The van der Waals surface area contributed by atoms with E-state index in [1.807, 2.05) is 11.8 Å². The molecule has 1 unspecified atom stereocenters. The van der Waals surface area contributed by atoms with Gasteiger partial charge in [0.25, 0.3) is 0 Å². The minimum Gasteiger partial charge on any atom is -0.490 e. The Morgan fingerprint density at radius 2 is 1.97 bits per heavy atom. The zero-order chi connectivity index (χ0) is 24.6. The number of ether oxygens (including phenoxy) is 2. The number of benzene rings is 1. The molecule has 0 bridgehead atoms. The Bertz CT molecular complexity index is 1120. The molecule has 3 aromatic rings. The lowest BCUT2D eigenvalue weighted by Crippen LogP contribution is -2.35. The van der Waals surface area contributed by atoms with Crippen molar-refractivity contribution in [3.63, 3.8) is 0 Å². The van der Waals surface area contributed by atoms with Crippen LogP contribution in [0.15, 0.2) is 36.8 Å². The fraction of sp³-hybridized carbons (Fsp3) is 0.417. The molecule has 8 nitrogen and oxygen atoms in total. The summed E-state index contributed by atoms with van der Waals surface area (Å²) in [5.41, 5.74) is 2.39. The summed E-state index contributed by atoms with van der Waals surface area (Å²) < 4.78 is 42.6. The molecule has 4 rings (SSSR count). The average Bonchev–Trinajstić information content (AvgIpc) is 2.88. The van der Waals surface area contributed by atoms with Crippen LogP contribution in [0.1, 0.15) is 30.6 Å². The Balaban J connectivity index is 1.42. The van der Waals surface area contributed by atoms with Crippen LogP contribution in [-0.2, 0) is 11.2 Å². The van der Waals surface area contributed by atoms with Crippen LogP contribution in [0.5, 0.6) is 5.75 Å². The highest BCUT2D eigenvalue weighted by atomic mass is 32.2. The van der Waals surface area contributed by atoms with Crippen molar-refractivity contribution in [1.82, 2.24) is 24.7 Å². The molecule has 1 atom stereocenters. The number of rotatable bonds is 11. The van der Waals surface area contributed by atoms with Crippen LogP contribution in [0.2, 0.25) is 0 Å². The van der Waals surface area contributed by atoms with Gasteiger partial charge in [0.15, 0.2) is 23.2 Å². The lowest BCUT2D eigenvalue weighted by molar-refractivity contribution is 0.218. The molecule has 1 aromatic carbocycles. The third-order valence-electron chi connectivity index (χ3n) is 5.66. The van der Waals surface area contributed by atoms with Crippen molar-refractivity contribution < 1.29 is 18.3 Å². The van der Waals surface area contributed by atoms with E-state index >= 15 is 0 Å². The molecule has 0 spiro atoms. The minimum absolute atomic E-state index is 0.0853. The molecule has 35 heavy (non-hydrogen) atoms. The van der Waals surface area contributed by atoms with E-state index in [0.717, 1.165) is 17.0 Å². The number of hydrogen-bond acceptors (Lipinski definition) is 9. The van der Waals surface area contributed by atoms with Crippen LogP contribution in [0, 0.1) is 11.6 Å². The minimum atomic E-state index is -0.975. The number of nitrogens with zero attached hydrogens (tertiary/aromatic N) is 5. The maximum atomic E-state index is 14.5. The molecule has 3 heterocycles. The Labute approximate surface area is 207 Å². The third kappa shape index (κ3) is 6.22. The summed E-state index contributed by atoms with van der Waals surface area (Å²) in [6.45, 7) is 4.21. The predicted molar refractivity (Wildman–Crippen MR) is 131 cm³/mol. The summed E-state index contributed by atoms with van der Waals surface area (Å²) in [6.07, 6.45) is 6.35. The van der Waals surface area contributed by atoms with Gasteiger partial charge in [-0.2, -0.15) is 4.39 Å². The van der Waals surface area contributed by atoms with Gasteiger partial charge < -0.3 is 14.4 Å². The molecule has 0 saturated heterocycles. The first kappa shape index (κ1) is 25.2. The maximum Gasteiger partial charge on any atom is 0.200 e. The van der Waals surface area contributed by atoms with Gasteiger partial charge >= 0.3 is 0 Å². The highest BCUT2D eigenvalue weighted by Crippen LogP contribution is 2.36. The van der Waals surface area contributed by atoms with Crippen molar-refractivity contribution in [2.75, 3.05) is 44.1 Å². The quantitative estimate of drug-likeness (QED) is 0.309. The largest absolute Gasteiger partial charge is 0.490 e. The normalized spacial score (nSPS) is 15.2. The number of halogens is 2. The van der Waals surface area contributed by atoms with Crippen molar-refractivity contribution in [3.05, 3.63) is 59.7 Å². The first-order valence-corrected chi connectivity index (χ1v) is 12.4. The van der Waals surface area contributed by atoms with Crippen LogP contribution < -0.4 is 14.4 Å². The van der Waals surface area contributed by atoms with Crippen molar-refractivity contribution in [3.8, 4) is 17.4 Å². The van der Waals surface area contributed by atoms with Crippen LogP contribution in [0.3, 0.4) is 0 Å². The van der Waals surface area contributed by atoms with Crippen LogP contribution >= 0.6 is 11.9 Å². The Hall–Kier alpha value is -2.89. The van der Waals surface area contributed by atoms with Gasteiger partial charge in [0.05, 0.1) is 24.9 Å².